The van der Waals surface area contributed by atoms with Crippen molar-refractivity contribution in [1.82, 2.24) is 5.32 Å². The zero-order chi connectivity index (χ0) is 13.8. The topological polar surface area (TPSA) is 55.1 Å². The lowest BCUT2D eigenvalue weighted by molar-refractivity contribution is 0.0941. The number of rotatable bonds is 5. The number of amides is 1. The van der Waals surface area contributed by atoms with Gasteiger partial charge in [0, 0.05) is 17.6 Å². The second kappa shape index (κ2) is 6.01. The molecule has 3 heteroatoms. The second-order valence-corrected chi connectivity index (χ2v) is 5.00. The van der Waals surface area contributed by atoms with Crippen molar-refractivity contribution >= 4 is 5.91 Å². The first-order chi connectivity index (χ1) is 8.43. The molecular weight excluding hydrogens is 224 g/mol. The molecule has 0 saturated heterocycles. The van der Waals surface area contributed by atoms with Gasteiger partial charge < -0.3 is 11.1 Å². The molecule has 0 aliphatic rings. The van der Waals surface area contributed by atoms with Crippen molar-refractivity contribution < 1.29 is 4.79 Å². The summed E-state index contributed by atoms with van der Waals surface area (Å²) in [5, 5.41) is 2.95. The van der Waals surface area contributed by atoms with Gasteiger partial charge in [0.15, 0.2) is 0 Å². The summed E-state index contributed by atoms with van der Waals surface area (Å²) in [4.78, 5) is 12.1. The Labute approximate surface area is 110 Å². The highest BCUT2D eigenvalue weighted by atomic mass is 16.1. The lowest BCUT2D eigenvalue weighted by atomic mass is 9.94. The Morgan fingerprint density at radius 1 is 1.28 bits per heavy atom. The Kier molecular flexibility index (Phi) is 4.91. The fraction of sp³-hybridized carbons (Fsp3) is 0.533. The van der Waals surface area contributed by atoms with E-state index in [1.165, 1.54) is 0 Å². The minimum absolute atomic E-state index is 0.0343. The maximum atomic E-state index is 12.1. The molecule has 3 N–H and O–H groups in total. The molecule has 0 spiro atoms. The van der Waals surface area contributed by atoms with Gasteiger partial charge in [0.1, 0.15) is 0 Å². The molecule has 3 nitrogen and oxygen atoms in total. The molecule has 100 valence electrons. The van der Waals surface area contributed by atoms with Gasteiger partial charge in [-0.05, 0) is 43.9 Å². The highest BCUT2D eigenvalue weighted by molar-refractivity contribution is 5.95. The Balaban J connectivity index is 2.75. The summed E-state index contributed by atoms with van der Waals surface area (Å²) in [6.07, 6.45) is 1.72. The molecule has 1 rings (SSSR count). The van der Waals surface area contributed by atoms with Crippen molar-refractivity contribution in [2.24, 2.45) is 5.73 Å². The number of nitrogens with one attached hydrogen (secondary N) is 1. The maximum absolute atomic E-state index is 12.1. The first-order valence-electron chi connectivity index (χ1n) is 6.57. The van der Waals surface area contributed by atoms with Crippen molar-refractivity contribution in [3.63, 3.8) is 0 Å². The van der Waals surface area contributed by atoms with Gasteiger partial charge in [-0.2, -0.15) is 0 Å². The Morgan fingerprint density at radius 2 is 1.89 bits per heavy atom. The second-order valence-electron chi connectivity index (χ2n) is 5.00. The summed E-state index contributed by atoms with van der Waals surface area (Å²) in [5.74, 6) is -0.0343. The van der Waals surface area contributed by atoms with Crippen LogP contribution < -0.4 is 11.1 Å². The van der Waals surface area contributed by atoms with E-state index >= 15 is 0 Å². The van der Waals surface area contributed by atoms with Crippen LogP contribution >= 0.6 is 0 Å². The zero-order valence-electron chi connectivity index (χ0n) is 11.8. The predicted molar refractivity (Wildman–Crippen MR) is 75.7 cm³/mol. The van der Waals surface area contributed by atoms with Gasteiger partial charge in [0.25, 0.3) is 5.91 Å². The highest BCUT2D eigenvalue weighted by Gasteiger charge is 2.21. The van der Waals surface area contributed by atoms with Gasteiger partial charge in [-0.3, -0.25) is 4.79 Å². The largest absolute Gasteiger partial charge is 0.350 e. The molecule has 0 aliphatic heterocycles. The molecule has 1 amide bonds. The standard InChI is InChI=1S/C15H24N2O/c1-5-15(16,6-2)10-17-14(18)13-9-7-8-11(3)12(13)4/h7-9H,5-6,10,16H2,1-4H3,(H,17,18). The summed E-state index contributed by atoms with van der Waals surface area (Å²) in [5.41, 5.74) is 8.78. The number of hydrogen-bond acceptors (Lipinski definition) is 2. The smallest absolute Gasteiger partial charge is 0.251 e. The van der Waals surface area contributed by atoms with Gasteiger partial charge in [0.2, 0.25) is 0 Å². The van der Waals surface area contributed by atoms with E-state index in [9.17, 15) is 4.79 Å². The van der Waals surface area contributed by atoms with Crippen LogP contribution in [0.4, 0.5) is 0 Å². The SMILES string of the molecule is CCC(N)(CC)CNC(=O)c1cccc(C)c1C. The van der Waals surface area contributed by atoms with Gasteiger partial charge in [0.05, 0.1) is 0 Å². The van der Waals surface area contributed by atoms with Crippen molar-refractivity contribution in [3.05, 3.63) is 34.9 Å². The fourth-order valence-corrected chi connectivity index (χ4v) is 1.85. The molecule has 0 bridgehead atoms. The van der Waals surface area contributed by atoms with Crippen LogP contribution in [0, 0.1) is 13.8 Å². The average molecular weight is 248 g/mol. The van der Waals surface area contributed by atoms with E-state index in [4.69, 9.17) is 5.73 Å². The summed E-state index contributed by atoms with van der Waals surface area (Å²) < 4.78 is 0. The molecule has 18 heavy (non-hydrogen) atoms. The molecule has 0 fully saturated rings. The maximum Gasteiger partial charge on any atom is 0.251 e. The minimum Gasteiger partial charge on any atom is -0.350 e. The molecule has 1 aromatic rings. The summed E-state index contributed by atoms with van der Waals surface area (Å²) in [6, 6.07) is 5.78. The molecule has 1 aromatic carbocycles. The van der Waals surface area contributed by atoms with E-state index < -0.39 is 0 Å². The number of benzene rings is 1. The van der Waals surface area contributed by atoms with Crippen molar-refractivity contribution in [1.29, 1.82) is 0 Å². The highest BCUT2D eigenvalue weighted by Crippen LogP contribution is 2.14. The van der Waals surface area contributed by atoms with E-state index in [2.05, 4.69) is 5.32 Å². The van der Waals surface area contributed by atoms with Gasteiger partial charge >= 0.3 is 0 Å². The van der Waals surface area contributed by atoms with E-state index in [1.54, 1.807) is 0 Å². The number of nitrogens with two attached hydrogens (primary N) is 1. The molecule has 0 aromatic heterocycles. The molecule has 0 atom stereocenters. The third-order valence-corrected chi connectivity index (χ3v) is 3.86. The quantitative estimate of drug-likeness (QED) is 0.841. The Bertz CT molecular complexity index is 423. The normalized spacial score (nSPS) is 11.4. The number of aryl methyl sites for hydroxylation is 1. The number of carbonyl (C=O) groups excluding carboxylic acids is 1. The molecule has 0 unspecified atom stereocenters. The molecule has 0 saturated carbocycles. The lowest BCUT2D eigenvalue weighted by Crippen LogP contribution is -2.49. The van der Waals surface area contributed by atoms with Crippen LogP contribution in [-0.4, -0.2) is 18.0 Å². The summed E-state index contributed by atoms with van der Waals surface area (Å²) in [6.45, 7) is 8.60. The van der Waals surface area contributed by atoms with Crippen LogP contribution in [0.25, 0.3) is 0 Å². The first-order valence-corrected chi connectivity index (χ1v) is 6.57. The van der Waals surface area contributed by atoms with Crippen LogP contribution in [0.3, 0.4) is 0 Å². The fourth-order valence-electron chi connectivity index (χ4n) is 1.85. The Hall–Kier alpha value is -1.35. The predicted octanol–water partition coefficient (Wildman–Crippen LogP) is 2.55. The van der Waals surface area contributed by atoms with Crippen molar-refractivity contribution in [2.75, 3.05) is 6.54 Å². The van der Waals surface area contributed by atoms with Crippen LogP contribution in [0.5, 0.6) is 0 Å². The average Bonchev–Trinajstić information content (AvgIpc) is 2.39. The zero-order valence-corrected chi connectivity index (χ0v) is 11.8. The van der Waals surface area contributed by atoms with E-state index in [1.807, 2.05) is 45.9 Å². The molecule has 0 radical (unpaired) electrons. The minimum atomic E-state index is -0.298. The van der Waals surface area contributed by atoms with Crippen molar-refractivity contribution in [2.45, 2.75) is 46.1 Å². The van der Waals surface area contributed by atoms with E-state index in [-0.39, 0.29) is 11.4 Å². The van der Waals surface area contributed by atoms with Crippen LogP contribution in [0.1, 0.15) is 48.2 Å². The van der Waals surface area contributed by atoms with Crippen LogP contribution in [0.15, 0.2) is 18.2 Å². The first kappa shape index (κ1) is 14.7. The van der Waals surface area contributed by atoms with E-state index in [0.29, 0.717) is 6.54 Å². The third-order valence-electron chi connectivity index (χ3n) is 3.86. The summed E-state index contributed by atoms with van der Waals surface area (Å²) >= 11 is 0. The number of hydrogen-bond donors (Lipinski definition) is 2. The van der Waals surface area contributed by atoms with Crippen LogP contribution in [-0.2, 0) is 0 Å². The molecular formula is C15H24N2O. The van der Waals surface area contributed by atoms with Gasteiger partial charge in [-0.25, -0.2) is 0 Å². The monoisotopic (exact) mass is 248 g/mol. The third kappa shape index (κ3) is 3.33. The van der Waals surface area contributed by atoms with Gasteiger partial charge in [-0.15, -0.1) is 0 Å². The summed E-state index contributed by atoms with van der Waals surface area (Å²) in [7, 11) is 0. The van der Waals surface area contributed by atoms with Gasteiger partial charge in [-0.1, -0.05) is 26.0 Å². The van der Waals surface area contributed by atoms with E-state index in [0.717, 1.165) is 29.5 Å². The Morgan fingerprint density at radius 3 is 2.44 bits per heavy atom. The molecule has 0 heterocycles. The van der Waals surface area contributed by atoms with Crippen molar-refractivity contribution in [3.8, 4) is 0 Å². The lowest BCUT2D eigenvalue weighted by Gasteiger charge is -2.27. The molecule has 0 aliphatic carbocycles. The van der Waals surface area contributed by atoms with Crippen LogP contribution in [0.2, 0.25) is 0 Å². The number of carbonyl (C=O) groups is 1.